The average Bonchev–Trinajstić information content (AvgIpc) is 3.25. The van der Waals surface area contributed by atoms with E-state index in [0.717, 1.165) is 42.5 Å². The fourth-order valence-electron chi connectivity index (χ4n) is 4.80. The summed E-state index contributed by atoms with van der Waals surface area (Å²) in [6.07, 6.45) is 3.30. The Hall–Kier alpha value is -2.17. The molecular weight excluding hydrogens is 324 g/mol. The van der Waals surface area contributed by atoms with Gasteiger partial charge in [-0.1, -0.05) is 61.4 Å². The van der Waals surface area contributed by atoms with Crippen molar-refractivity contribution in [3.8, 4) is 0 Å². The van der Waals surface area contributed by atoms with Gasteiger partial charge in [-0.15, -0.1) is 0 Å². The molecule has 0 bridgehead atoms. The smallest absolute Gasteiger partial charge is 0.238 e. The first-order chi connectivity index (χ1) is 12.7. The molecule has 0 radical (unpaired) electrons. The van der Waals surface area contributed by atoms with Crippen molar-refractivity contribution >= 4 is 11.6 Å². The van der Waals surface area contributed by atoms with Crippen LogP contribution in [0.2, 0.25) is 0 Å². The van der Waals surface area contributed by atoms with Gasteiger partial charge in [0.1, 0.15) is 0 Å². The number of benzene rings is 2. The third-order valence-electron chi connectivity index (χ3n) is 5.96. The lowest BCUT2D eigenvalue weighted by Gasteiger charge is -2.34. The highest BCUT2D eigenvalue weighted by Gasteiger charge is 2.54. The summed E-state index contributed by atoms with van der Waals surface area (Å²) in [6, 6.07) is 17.6. The molecule has 0 aromatic heterocycles. The summed E-state index contributed by atoms with van der Waals surface area (Å²) in [6.45, 7) is 0.429. The molecule has 2 atom stereocenters. The second-order valence-electron chi connectivity index (χ2n) is 7.46. The topological polar surface area (TPSA) is 52.6 Å². The molecular formula is C22H26N2O2. The number of para-hydroxylation sites is 1. The summed E-state index contributed by atoms with van der Waals surface area (Å²) in [5.74, 6) is 0.153. The highest BCUT2D eigenvalue weighted by Crippen LogP contribution is 2.53. The van der Waals surface area contributed by atoms with E-state index in [4.69, 9.17) is 0 Å². The Morgan fingerprint density at radius 2 is 1.73 bits per heavy atom. The van der Waals surface area contributed by atoms with Crippen molar-refractivity contribution in [1.29, 1.82) is 0 Å². The minimum Gasteiger partial charge on any atom is -0.389 e. The largest absolute Gasteiger partial charge is 0.389 e. The third kappa shape index (κ3) is 2.56. The van der Waals surface area contributed by atoms with E-state index in [9.17, 15) is 9.90 Å². The Bertz CT molecular complexity index is 784. The van der Waals surface area contributed by atoms with E-state index in [1.54, 1.807) is 0 Å². The number of fused-ring (bicyclic) bond motifs is 2. The standard InChI is InChI=1S/C22H26N2O2/c1-23-15-19(25)20(16-9-3-2-4-10-16)24-18-12-6-5-11-17(18)22(21(24)26)13-7-8-14-22/h2-6,9-12,19-20,23,25H,7-8,13-15H2,1H3/t19-,20+/m1/s1. The van der Waals surface area contributed by atoms with Crippen molar-refractivity contribution in [2.75, 3.05) is 18.5 Å². The Balaban J connectivity index is 1.84. The Morgan fingerprint density at radius 3 is 2.42 bits per heavy atom. The SMILES string of the molecule is CNC[C@@H](O)[C@H](c1ccccc1)N1C(=O)C2(CCCC2)c2ccccc21. The molecule has 2 aliphatic rings. The number of hydrogen-bond donors (Lipinski definition) is 2. The lowest BCUT2D eigenvalue weighted by atomic mass is 9.80. The number of nitrogens with one attached hydrogen (secondary N) is 1. The van der Waals surface area contributed by atoms with Crippen LogP contribution < -0.4 is 10.2 Å². The number of hydrogen-bond acceptors (Lipinski definition) is 3. The van der Waals surface area contributed by atoms with Crippen LogP contribution in [0.4, 0.5) is 5.69 Å². The molecule has 1 saturated carbocycles. The van der Waals surface area contributed by atoms with Crippen LogP contribution in [0.15, 0.2) is 54.6 Å². The number of carbonyl (C=O) groups is 1. The van der Waals surface area contributed by atoms with Crippen molar-refractivity contribution in [2.24, 2.45) is 0 Å². The molecule has 2 aromatic rings. The molecule has 1 amide bonds. The molecule has 0 saturated heterocycles. The van der Waals surface area contributed by atoms with Crippen LogP contribution in [0.25, 0.3) is 0 Å². The van der Waals surface area contributed by atoms with Gasteiger partial charge in [-0.2, -0.15) is 0 Å². The van der Waals surface area contributed by atoms with Crippen molar-refractivity contribution in [1.82, 2.24) is 5.32 Å². The number of amides is 1. The van der Waals surface area contributed by atoms with E-state index in [0.29, 0.717) is 6.54 Å². The molecule has 1 spiro atoms. The van der Waals surface area contributed by atoms with Gasteiger partial charge >= 0.3 is 0 Å². The lowest BCUT2D eigenvalue weighted by molar-refractivity contribution is -0.124. The molecule has 2 N–H and O–H groups in total. The zero-order valence-corrected chi connectivity index (χ0v) is 15.2. The number of anilines is 1. The lowest BCUT2D eigenvalue weighted by Crippen LogP contribution is -2.46. The maximum absolute atomic E-state index is 13.7. The molecule has 2 aromatic carbocycles. The van der Waals surface area contributed by atoms with Crippen molar-refractivity contribution in [3.05, 3.63) is 65.7 Å². The van der Waals surface area contributed by atoms with Gasteiger partial charge in [0.15, 0.2) is 0 Å². The Morgan fingerprint density at radius 1 is 1.08 bits per heavy atom. The van der Waals surface area contributed by atoms with Gasteiger partial charge in [0.25, 0.3) is 0 Å². The number of likely N-dealkylation sites (N-methyl/N-ethyl adjacent to an activating group) is 1. The highest BCUT2D eigenvalue weighted by molar-refractivity contribution is 6.09. The van der Waals surface area contributed by atoms with Gasteiger partial charge < -0.3 is 15.3 Å². The van der Waals surface area contributed by atoms with Gasteiger partial charge in [0.2, 0.25) is 5.91 Å². The number of aliphatic hydroxyl groups excluding tert-OH is 1. The summed E-state index contributed by atoms with van der Waals surface area (Å²) < 4.78 is 0. The highest BCUT2D eigenvalue weighted by atomic mass is 16.3. The first-order valence-electron chi connectivity index (χ1n) is 9.50. The maximum atomic E-state index is 13.7. The molecule has 1 heterocycles. The van der Waals surface area contributed by atoms with Crippen LogP contribution in [0.3, 0.4) is 0 Å². The van der Waals surface area contributed by atoms with E-state index >= 15 is 0 Å². The van der Waals surface area contributed by atoms with E-state index in [1.807, 2.05) is 60.5 Å². The van der Waals surface area contributed by atoms with Crippen LogP contribution >= 0.6 is 0 Å². The first kappa shape index (κ1) is 17.3. The Labute approximate surface area is 154 Å². The summed E-state index contributed by atoms with van der Waals surface area (Å²) >= 11 is 0. The fourth-order valence-corrected chi connectivity index (χ4v) is 4.80. The van der Waals surface area contributed by atoms with Crippen LogP contribution in [-0.4, -0.2) is 30.7 Å². The van der Waals surface area contributed by atoms with Crippen LogP contribution in [0, 0.1) is 0 Å². The predicted molar refractivity (Wildman–Crippen MR) is 103 cm³/mol. The van der Waals surface area contributed by atoms with Gasteiger partial charge in [-0.25, -0.2) is 0 Å². The van der Waals surface area contributed by atoms with E-state index in [1.165, 1.54) is 0 Å². The van der Waals surface area contributed by atoms with Crippen LogP contribution in [-0.2, 0) is 10.2 Å². The molecule has 1 aliphatic carbocycles. The normalized spacial score (nSPS) is 20.4. The minimum absolute atomic E-state index is 0.153. The molecule has 4 nitrogen and oxygen atoms in total. The molecule has 4 rings (SSSR count). The third-order valence-corrected chi connectivity index (χ3v) is 5.96. The van der Waals surface area contributed by atoms with Gasteiger partial charge in [0.05, 0.1) is 17.6 Å². The monoisotopic (exact) mass is 350 g/mol. The van der Waals surface area contributed by atoms with Crippen LogP contribution in [0.1, 0.15) is 42.9 Å². The number of nitrogens with zero attached hydrogens (tertiary/aromatic N) is 1. The number of carbonyl (C=O) groups excluding carboxylic acids is 1. The average molecular weight is 350 g/mol. The van der Waals surface area contributed by atoms with E-state index in [2.05, 4.69) is 11.4 Å². The molecule has 1 fully saturated rings. The first-order valence-corrected chi connectivity index (χ1v) is 9.50. The number of aliphatic hydroxyl groups is 1. The second-order valence-corrected chi connectivity index (χ2v) is 7.46. The van der Waals surface area contributed by atoms with Gasteiger partial charge in [-0.05, 0) is 37.1 Å². The minimum atomic E-state index is -0.684. The van der Waals surface area contributed by atoms with E-state index < -0.39 is 17.6 Å². The zero-order chi connectivity index (χ0) is 18.1. The van der Waals surface area contributed by atoms with Gasteiger partial charge in [0, 0.05) is 12.2 Å². The molecule has 26 heavy (non-hydrogen) atoms. The summed E-state index contributed by atoms with van der Waals surface area (Å²) in [5, 5.41) is 14.0. The maximum Gasteiger partial charge on any atom is 0.238 e. The molecule has 0 unspecified atom stereocenters. The fraction of sp³-hybridized carbons (Fsp3) is 0.409. The summed E-state index contributed by atoms with van der Waals surface area (Å²) in [5.41, 5.74) is 2.67. The number of rotatable bonds is 5. The van der Waals surface area contributed by atoms with Crippen molar-refractivity contribution in [3.63, 3.8) is 0 Å². The molecule has 1 aliphatic heterocycles. The summed E-state index contributed by atoms with van der Waals surface area (Å²) in [7, 11) is 1.82. The molecule has 4 heteroatoms. The quantitative estimate of drug-likeness (QED) is 0.871. The van der Waals surface area contributed by atoms with E-state index in [-0.39, 0.29) is 5.91 Å². The molecule has 136 valence electrons. The van der Waals surface area contributed by atoms with Crippen LogP contribution in [0.5, 0.6) is 0 Å². The summed E-state index contributed by atoms with van der Waals surface area (Å²) in [4.78, 5) is 15.6. The second kappa shape index (κ2) is 6.86. The zero-order valence-electron chi connectivity index (χ0n) is 15.2. The van der Waals surface area contributed by atoms with Gasteiger partial charge in [-0.3, -0.25) is 4.79 Å². The van der Waals surface area contributed by atoms with Crippen molar-refractivity contribution < 1.29 is 9.90 Å². The Kier molecular flexibility index (Phi) is 4.55. The van der Waals surface area contributed by atoms with Crippen molar-refractivity contribution in [2.45, 2.75) is 43.2 Å². The predicted octanol–water partition coefficient (Wildman–Crippen LogP) is 3.17.